The molecule has 0 amide bonds. The van der Waals surface area contributed by atoms with Crippen molar-refractivity contribution in [3.05, 3.63) is 29.3 Å². The maximum Gasteiger partial charge on any atom is 0.505 e. The molecule has 0 fully saturated rings. The van der Waals surface area contributed by atoms with Crippen LogP contribution in [0.2, 0.25) is 0 Å². The van der Waals surface area contributed by atoms with E-state index >= 15 is 0 Å². The van der Waals surface area contributed by atoms with E-state index in [4.69, 9.17) is 14.7 Å². The first-order chi connectivity index (χ1) is 14.5. The Morgan fingerprint density at radius 1 is 0.733 bits per heavy atom. The number of rotatable bonds is 19. The van der Waals surface area contributed by atoms with E-state index in [0.717, 1.165) is 37.7 Å². The Labute approximate surface area is 183 Å². The molecule has 0 heterocycles. The van der Waals surface area contributed by atoms with E-state index in [9.17, 15) is 4.57 Å². The molecule has 0 spiro atoms. The summed E-state index contributed by atoms with van der Waals surface area (Å²) in [5.41, 5.74) is 2.24. The Bertz CT molecular complexity index is 599. The molecule has 0 aliphatic carbocycles. The zero-order valence-corrected chi connectivity index (χ0v) is 20.0. The fraction of sp³-hybridized carbons (Fsp3) is 0.750. The number of aryl methyl sites for hydroxylation is 1. The first-order valence-corrected chi connectivity index (χ1v) is 13.5. The largest absolute Gasteiger partial charge is 0.505 e. The topological polar surface area (TPSA) is 76.0 Å². The van der Waals surface area contributed by atoms with Crippen molar-refractivity contribution in [3.8, 4) is 5.75 Å². The fourth-order valence-electron chi connectivity index (χ4n) is 3.83. The van der Waals surface area contributed by atoms with E-state index in [1.54, 1.807) is 6.07 Å². The molecule has 0 unspecified atom stereocenters. The van der Waals surface area contributed by atoms with Crippen LogP contribution in [0.4, 0.5) is 0 Å². The molecule has 174 valence electrons. The van der Waals surface area contributed by atoms with Gasteiger partial charge in [-0.05, 0) is 37.3 Å². The van der Waals surface area contributed by atoms with Crippen LogP contribution in [-0.4, -0.2) is 9.79 Å². The first-order valence-electron chi connectivity index (χ1n) is 12.0. The summed E-state index contributed by atoms with van der Waals surface area (Å²) in [6.07, 6.45) is 19.2. The predicted octanol–water partition coefficient (Wildman–Crippen LogP) is 7.68. The monoisotopic (exact) mass is 442 g/mol. The van der Waals surface area contributed by atoms with Gasteiger partial charge in [-0.1, -0.05) is 108 Å². The van der Waals surface area contributed by atoms with E-state index in [1.807, 2.05) is 6.07 Å². The summed E-state index contributed by atoms with van der Waals surface area (Å²) in [6.45, 7) is 4.46. The van der Waals surface area contributed by atoms with Crippen molar-refractivity contribution < 1.29 is 23.9 Å². The lowest BCUT2D eigenvalue weighted by atomic mass is 9.95. The van der Waals surface area contributed by atoms with Gasteiger partial charge in [0.15, 0.2) is 5.75 Å². The third-order valence-electron chi connectivity index (χ3n) is 5.53. The zero-order chi connectivity index (χ0) is 22.1. The maximum absolute atomic E-state index is 11.1. The van der Waals surface area contributed by atoms with Crippen LogP contribution in [0.5, 0.6) is 5.75 Å². The smallest absolute Gasteiger partial charge is 0.327 e. The van der Waals surface area contributed by atoms with Crippen molar-refractivity contribution in [2.45, 2.75) is 117 Å². The summed E-state index contributed by atoms with van der Waals surface area (Å²) in [5.74, 6) is 0.435. The highest BCUT2D eigenvalue weighted by Gasteiger charge is 2.19. The second-order valence-electron chi connectivity index (χ2n) is 8.28. The van der Waals surface area contributed by atoms with Crippen LogP contribution in [0.15, 0.2) is 18.2 Å². The lowest BCUT2D eigenvalue weighted by Crippen LogP contribution is -2.02. The molecule has 0 aliphatic rings. The molecule has 1 rings (SSSR count). The Morgan fingerprint density at radius 2 is 1.23 bits per heavy atom. The van der Waals surface area contributed by atoms with Gasteiger partial charge in [0, 0.05) is 5.56 Å². The summed E-state index contributed by atoms with van der Waals surface area (Å²) in [5, 5.41) is 0. The van der Waals surface area contributed by atoms with E-state index in [0.29, 0.717) is 5.75 Å². The normalized spacial score (nSPS) is 11.7. The molecular formula is C24H43O5P. The average molecular weight is 443 g/mol. The van der Waals surface area contributed by atoms with Crippen LogP contribution >= 0.6 is 7.82 Å². The van der Waals surface area contributed by atoms with Gasteiger partial charge in [0.1, 0.15) is 0 Å². The van der Waals surface area contributed by atoms with Gasteiger partial charge in [-0.25, -0.2) is 4.57 Å². The Morgan fingerprint density at radius 3 is 1.77 bits per heavy atom. The van der Waals surface area contributed by atoms with Crippen molar-refractivity contribution in [2.24, 2.45) is 0 Å². The van der Waals surface area contributed by atoms with Crippen molar-refractivity contribution in [1.82, 2.24) is 0 Å². The number of hydrogen-bond acceptors (Lipinski definition) is 3. The first kappa shape index (κ1) is 27.2. The van der Waals surface area contributed by atoms with Crippen LogP contribution in [0.25, 0.3) is 0 Å². The number of phosphoric acid groups is 1. The van der Waals surface area contributed by atoms with Gasteiger partial charge in [-0.2, -0.15) is 0 Å². The van der Waals surface area contributed by atoms with Crippen molar-refractivity contribution in [1.29, 1.82) is 0 Å². The van der Waals surface area contributed by atoms with E-state index < -0.39 is 7.82 Å². The second-order valence-corrected chi connectivity index (χ2v) is 9.42. The highest BCUT2D eigenvalue weighted by atomic mass is 31.2. The highest BCUT2D eigenvalue weighted by Crippen LogP contribution is 2.38. The van der Waals surface area contributed by atoms with Crippen LogP contribution < -0.4 is 4.89 Å². The number of hydrogen-bond donors (Lipinski definition) is 2. The summed E-state index contributed by atoms with van der Waals surface area (Å²) in [6, 6.07) is 5.72. The highest BCUT2D eigenvalue weighted by molar-refractivity contribution is 7.46. The molecule has 0 aromatic heterocycles. The molecule has 30 heavy (non-hydrogen) atoms. The number of benzene rings is 1. The molecule has 1 aromatic rings. The van der Waals surface area contributed by atoms with Crippen molar-refractivity contribution in [3.63, 3.8) is 0 Å². The lowest BCUT2D eigenvalue weighted by molar-refractivity contribution is -0.123. The lowest BCUT2D eigenvalue weighted by Gasteiger charge is -2.15. The van der Waals surface area contributed by atoms with Gasteiger partial charge in [0.05, 0.1) is 0 Å². The predicted molar refractivity (Wildman–Crippen MR) is 124 cm³/mol. The molecular weight excluding hydrogens is 399 g/mol. The summed E-state index contributed by atoms with van der Waals surface area (Å²) in [4.78, 5) is 23.0. The minimum atomic E-state index is -4.68. The standard InChI is InChI=1S/C24H43O5P/c1-3-5-7-9-11-13-15-18-22-19-17-21-24(28-29-30(25,26)27)23(22)20-16-14-12-10-8-6-4-2/h17,19,21H,3-16,18,20H2,1-2H3,(H2,25,26,27). The van der Waals surface area contributed by atoms with Crippen molar-refractivity contribution >= 4 is 7.82 Å². The molecule has 5 nitrogen and oxygen atoms in total. The van der Waals surface area contributed by atoms with Crippen LogP contribution in [0.3, 0.4) is 0 Å². The summed E-state index contributed by atoms with van der Waals surface area (Å²) >= 11 is 0. The molecule has 6 heteroatoms. The molecule has 0 saturated heterocycles. The average Bonchev–Trinajstić information content (AvgIpc) is 2.71. The summed E-state index contributed by atoms with van der Waals surface area (Å²) in [7, 11) is -4.68. The summed E-state index contributed by atoms with van der Waals surface area (Å²) < 4.78 is 15.4. The SMILES string of the molecule is CCCCCCCCCc1cccc(OOP(=O)(O)O)c1CCCCCCCCC. The van der Waals surface area contributed by atoms with Gasteiger partial charge in [0.2, 0.25) is 0 Å². The fourth-order valence-corrected chi connectivity index (χ4v) is 4.00. The van der Waals surface area contributed by atoms with Crippen LogP contribution in [-0.2, 0) is 22.1 Å². The molecule has 0 atom stereocenters. The maximum atomic E-state index is 11.1. The van der Waals surface area contributed by atoms with Gasteiger partial charge in [-0.15, -0.1) is 0 Å². The molecule has 0 radical (unpaired) electrons. The van der Waals surface area contributed by atoms with Crippen molar-refractivity contribution in [2.75, 3.05) is 0 Å². The van der Waals surface area contributed by atoms with Gasteiger partial charge >= 0.3 is 7.82 Å². The molecule has 0 aliphatic heterocycles. The number of unbranched alkanes of at least 4 members (excludes halogenated alkanes) is 12. The van der Waals surface area contributed by atoms with E-state index in [1.165, 1.54) is 76.2 Å². The minimum Gasteiger partial charge on any atom is -0.327 e. The molecule has 0 saturated carbocycles. The van der Waals surface area contributed by atoms with Gasteiger partial charge in [0.25, 0.3) is 0 Å². The van der Waals surface area contributed by atoms with Gasteiger partial charge in [-0.3, -0.25) is 0 Å². The molecule has 2 N–H and O–H groups in total. The third-order valence-corrected chi connectivity index (χ3v) is 5.80. The molecule has 1 aromatic carbocycles. The second kappa shape index (κ2) is 16.8. The zero-order valence-electron chi connectivity index (χ0n) is 19.1. The Balaban J connectivity index is 2.59. The van der Waals surface area contributed by atoms with Gasteiger partial charge < -0.3 is 14.7 Å². The quantitative estimate of drug-likeness (QED) is 0.0994. The molecule has 0 bridgehead atoms. The van der Waals surface area contributed by atoms with Crippen LogP contribution in [0.1, 0.15) is 115 Å². The Kier molecular flexibility index (Phi) is 15.2. The minimum absolute atomic E-state index is 0.435. The Hall–Kier alpha value is -0.870. The van der Waals surface area contributed by atoms with E-state index in [-0.39, 0.29) is 0 Å². The van der Waals surface area contributed by atoms with E-state index in [2.05, 4.69) is 24.6 Å². The van der Waals surface area contributed by atoms with Crippen LogP contribution in [0, 0.1) is 0 Å². The third kappa shape index (κ3) is 13.4.